The van der Waals surface area contributed by atoms with Gasteiger partial charge in [-0.3, -0.25) is 4.79 Å². The van der Waals surface area contributed by atoms with Crippen LogP contribution >= 0.6 is 12.4 Å². The van der Waals surface area contributed by atoms with E-state index in [1.165, 1.54) is 0 Å². The second-order valence-corrected chi connectivity index (χ2v) is 6.14. The first kappa shape index (κ1) is 18.9. The van der Waals surface area contributed by atoms with E-state index in [1.54, 1.807) is 11.8 Å². The third kappa shape index (κ3) is 4.70. The van der Waals surface area contributed by atoms with Crippen molar-refractivity contribution in [1.29, 1.82) is 0 Å². The van der Waals surface area contributed by atoms with E-state index in [-0.39, 0.29) is 18.3 Å². The molecule has 0 aromatic heterocycles. The van der Waals surface area contributed by atoms with Crippen LogP contribution in [0.5, 0.6) is 0 Å². The third-order valence-corrected chi connectivity index (χ3v) is 4.38. The fourth-order valence-electron chi connectivity index (χ4n) is 2.82. The van der Waals surface area contributed by atoms with Crippen LogP contribution in [0.15, 0.2) is 30.3 Å². The van der Waals surface area contributed by atoms with Gasteiger partial charge in [-0.05, 0) is 37.7 Å². The second-order valence-electron chi connectivity index (χ2n) is 6.14. The van der Waals surface area contributed by atoms with Gasteiger partial charge in [-0.15, -0.1) is 12.4 Å². The number of ether oxygens (including phenoxy) is 1. The summed E-state index contributed by atoms with van der Waals surface area (Å²) in [5.41, 5.74) is 6.17. The molecule has 1 saturated heterocycles. The summed E-state index contributed by atoms with van der Waals surface area (Å²) < 4.78 is 5.37. The van der Waals surface area contributed by atoms with Crippen LogP contribution in [0.4, 0.5) is 0 Å². The fraction of sp³-hybridized carbons (Fsp3) is 0.588. The molecule has 0 saturated carbocycles. The lowest BCUT2D eigenvalue weighted by atomic mass is 9.91. The number of carbonyl (C=O) groups excluding carboxylic acids is 1. The van der Waals surface area contributed by atoms with Crippen LogP contribution < -0.4 is 5.73 Å². The Morgan fingerprint density at radius 1 is 1.32 bits per heavy atom. The number of amides is 1. The minimum absolute atomic E-state index is 0. The molecule has 0 aliphatic carbocycles. The average molecular weight is 327 g/mol. The van der Waals surface area contributed by atoms with E-state index < -0.39 is 5.54 Å². The zero-order valence-corrected chi connectivity index (χ0v) is 14.3. The van der Waals surface area contributed by atoms with Gasteiger partial charge in [0, 0.05) is 26.8 Å². The fourth-order valence-corrected chi connectivity index (χ4v) is 2.82. The maximum Gasteiger partial charge on any atom is 0.246 e. The predicted molar refractivity (Wildman–Crippen MR) is 91.0 cm³/mol. The first-order valence-corrected chi connectivity index (χ1v) is 7.69. The number of nitrogens with two attached hydrogens (primary N) is 1. The molecule has 2 rings (SSSR count). The van der Waals surface area contributed by atoms with Gasteiger partial charge in [-0.2, -0.15) is 0 Å². The van der Waals surface area contributed by atoms with Gasteiger partial charge in [0.15, 0.2) is 0 Å². The van der Waals surface area contributed by atoms with Crippen molar-refractivity contribution >= 4 is 18.3 Å². The minimum Gasteiger partial charge on any atom is -0.381 e. The summed E-state index contributed by atoms with van der Waals surface area (Å²) in [5.74, 6) is 0.635. The highest BCUT2D eigenvalue weighted by Gasteiger charge is 2.33. The van der Waals surface area contributed by atoms with Gasteiger partial charge in [-0.1, -0.05) is 30.3 Å². The van der Waals surface area contributed by atoms with Gasteiger partial charge in [0.2, 0.25) is 5.91 Å². The lowest BCUT2D eigenvalue weighted by Gasteiger charge is -2.31. The molecule has 1 aliphatic rings. The van der Waals surface area contributed by atoms with Gasteiger partial charge in [0.25, 0.3) is 0 Å². The van der Waals surface area contributed by atoms with Gasteiger partial charge in [0.1, 0.15) is 5.54 Å². The molecule has 4 nitrogen and oxygen atoms in total. The molecule has 5 heteroatoms. The molecule has 1 atom stereocenters. The highest BCUT2D eigenvalue weighted by Crippen LogP contribution is 2.22. The van der Waals surface area contributed by atoms with Crippen LogP contribution in [0.1, 0.15) is 31.7 Å². The Morgan fingerprint density at radius 3 is 2.50 bits per heavy atom. The topological polar surface area (TPSA) is 55.6 Å². The van der Waals surface area contributed by atoms with Crippen molar-refractivity contribution < 1.29 is 9.53 Å². The zero-order valence-electron chi connectivity index (χ0n) is 13.5. The molecule has 22 heavy (non-hydrogen) atoms. The van der Waals surface area contributed by atoms with Gasteiger partial charge >= 0.3 is 0 Å². The number of carbonyl (C=O) groups is 1. The average Bonchev–Trinajstić information content (AvgIpc) is 2.53. The summed E-state index contributed by atoms with van der Waals surface area (Å²) in [6.45, 7) is 4.24. The van der Waals surface area contributed by atoms with E-state index in [0.29, 0.717) is 5.92 Å². The van der Waals surface area contributed by atoms with Crippen molar-refractivity contribution in [1.82, 2.24) is 4.90 Å². The number of hydrogen-bond acceptors (Lipinski definition) is 3. The van der Waals surface area contributed by atoms with Crippen molar-refractivity contribution in [3.8, 4) is 0 Å². The molecule has 1 fully saturated rings. The standard InChI is InChI=1S/C17H26N2O2.ClH/c1-17(18,15-6-4-3-5-7-15)16(20)19(2)11-8-14-9-12-21-13-10-14;/h3-7,14H,8-13,18H2,1-2H3;1H. The van der Waals surface area contributed by atoms with Crippen molar-refractivity contribution in [2.75, 3.05) is 26.8 Å². The smallest absolute Gasteiger partial charge is 0.246 e. The van der Waals surface area contributed by atoms with Gasteiger partial charge < -0.3 is 15.4 Å². The number of halogens is 1. The summed E-state index contributed by atoms with van der Waals surface area (Å²) >= 11 is 0. The molecule has 2 N–H and O–H groups in total. The molecule has 0 bridgehead atoms. The largest absolute Gasteiger partial charge is 0.381 e. The van der Waals surface area contributed by atoms with Gasteiger partial charge in [-0.25, -0.2) is 0 Å². The predicted octanol–water partition coefficient (Wildman–Crippen LogP) is 2.56. The molecule has 0 radical (unpaired) electrons. The van der Waals surface area contributed by atoms with Gasteiger partial charge in [0.05, 0.1) is 0 Å². The lowest BCUT2D eigenvalue weighted by molar-refractivity contribution is -0.135. The normalized spacial score (nSPS) is 18.1. The summed E-state index contributed by atoms with van der Waals surface area (Å²) in [4.78, 5) is 14.4. The summed E-state index contributed by atoms with van der Waals surface area (Å²) in [6, 6.07) is 9.57. The number of nitrogens with zero attached hydrogens (tertiary/aromatic N) is 1. The minimum atomic E-state index is -0.967. The van der Waals surface area contributed by atoms with Crippen LogP contribution in [-0.2, 0) is 15.1 Å². The number of likely N-dealkylation sites (N-methyl/N-ethyl adjacent to an activating group) is 1. The third-order valence-electron chi connectivity index (χ3n) is 4.38. The monoisotopic (exact) mass is 326 g/mol. The Kier molecular flexibility index (Phi) is 7.33. The molecule has 1 unspecified atom stereocenters. The van der Waals surface area contributed by atoms with Crippen molar-refractivity contribution in [3.63, 3.8) is 0 Å². The van der Waals surface area contributed by atoms with E-state index in [9.17, 15) is 4.79 Å². The quantitative estimate of drug-likeness (QED) is 0.904. The van der Waals surface area contributed by atoms with E-state index >= 15 is 0 Å². The molecule has 1 amide bonds. The highest BCUT2D eigenvalue weighted by atomic mass is 35.5. The summed E-state index contributed by atoms with van der Waals surface area (Å²) in [6.07, 6.45) is 3.22. The Labute approximate surface area is 139 Å². The van der Waals surface area contributed by atoms with Crippen LogP contribution in [0.2, 0.25) is 0 Å². The lowest BCUT2D eigenvalue weighted by Crippen LogP contribution is -2.50. The van der Waals surface area contributed by atoms with E-state index in [0.717, 1.165) is 44.6 Å². The van der Waals surface area contributed by atoms with Crippen LogP contribution in [0.25, 0.3) is 0 Å². The van der Waals surface area contributed by atoms with Crippen molar-refractivity contribution in [2.45, 2.75) is 31.7 Å². The molecule has 1 heterocycles. The Morgan fingerprint density at radius 2 is 1.91 bits per heavy atom. The van der Waals surface area contributed by atoms with E-state index in [4.69, 9.17) is 10.5 Å². The molecule has 1 aliphatic heterocycles. The zero-order chi connectivity index (χ0) is 15.3. The maximum absolute atomic E-state index is 12.6. The molecule has 1 aromatic rings. The first-order valence-electron chi connectivity index (χ1n) is 7.69. The van der Waals surface area contributed by atoms with Crippen LogP contribution in [0, 0.1) is 5.92 Å². The Balaban J connectivity index is 0.00000242. The maximum atomic E-state index is 12.6. The Hall–Kier alpha value is -1.10. The van der Waals surface area contributed by atoms with E-state index in [2.05, 4.69) is 0 Å². The molecule has 0 spiro atoms. The van der Waals surface area contributed by atoms with Crippen LogP contribution in [0.3, 0.4) is 0 Å². The van der Waals surface area contributed by atoms with Crippen molar-refractivity contribution in [3.05, 3.63) is 35.9 Å². The SMILES string of the molecule is CN(CCC1CCOCC1)C(=O)C(C)(N)c1ccccc1.Cl. The molecular formula is C17H27ClN2O2. The first-order chi connectivity index (χ1) is 10.0. The Bertz CT molecular complexity index is 459. The molecular weight excluding hydrogens is 300 g/mol. The van der Waals surface area contributed by atoms with Crippen LogP contribution in [-0.4, -0.2) is 37.6 Å². The summed E-state index contributed by atoms with van der Waals surface area (Å²) in [7, 11) is 1.84. The number of benzene rings is 1. The second kappa shape index (κ2) is 8.51. The molecule has 124 valence electrons. The number of hydrogen-bond donors (Lipinski definition) is 1. The summed E-state index contributed by atoms with van der Waals surface area (Å²) in [5, 5.41) is 0. The molecule has 1 aromatic carbocycles. The number of rotatable bonds is 5. The van der Waals surface area contributed by atoms with E-state index in [1.807, 2.05) is 37.4 Å². The highest BCUT2D eigenvalue weighted by molar-refractivity contribution is 5.86. The van der Waals surface area contributed by atoms with Crippen molar-refractivity contribution in [2.24, 2.45) is 11.7 Å².